The number of sulfonamides is 1. The number of carbonyl (C=O) groups is 1. The number of carbonyl (C=O) groups excluding carboxylic acids is 1. The molecule has 0 radical (unpaired) electrons. The second-order valence-electron chi connectivity index (χ2n) is 6.85. The second-order valence-corrected chi connectivity index (χ2v) is 8.56. The van der Waals surface area contributed by atoms with Crippen molar-refractivity contribution < 1.29 is 13.2 Å². The largest absolute Gasteiger partial charge is 0.355 e. The van der Waals surface area contributed by atoms with E-state index < -0.39 is 16.1 Å². The van der Waals surface area contributed by atoms with Crippen LogP contribution < -0.4 is 10.0 Å². The van der Waals surface area contributed by atoms with Gasteiger partial charge in [-0.1, -0.05) is 63.9 Å². The first-order valence-corrected chi connectivity index (χ1v) is 10.6. The number of hydrogen-bond acceptors (Lipinski definition) is 3. The first-order chi connectivity index (χ1) is 12.3. The van der Waals surface area contributed by atoms with E-state index in [0.29, 0.717) is 6.54 Å². The molecule has 0 aliphatic rings. The van der Waals surface area contributed by atoms with Gasteiger partial charge in [0.1, 0.15) is 6.04 Å². The molecule has 0 fully saturated rings. The number of rotatable bonds is 9. The Labute approximate surface area is 156 Å². The average molecular weight is 377 g/mol. The summed E-state index contributed by atoms with van der Waals surface area (Å²) in [5.74, 6) is -0.433. The van der Waals surface area contributed by atoms with Gasteiger partial charge in [-0.2, -0.15) is 4.72 Å². The number of unbranched alkanes of at least 4 members (excludes halogenated alkanes) is 2. The second kappa shape index (κ2) is 9.14. The summed E-state index contributed by atoms with van der Waals surface area (Å²) in [4.78, 5) is 12.6. The van der Waals surface area contributed by atoms with Crippen molar-refractivity contribution in [2.45, 2.75) is 51.0 Å². The summed E-state index contributed by atoms with van der Waals surface area (Å²) < 4.78 is 28.1. The van der Waals surface area contributed by atoms with Crippen LogP contribution >= 0.6 is 0 Å². The first kappa shape index (κ1) is 20.4. The van der Waals surface area contributed by atoms with Crippen molar-refractivity contribution in [3.8, 4) is 0 Å². The van der Waals surface area contributed by atoms with Crippen molar-refractivity contribution in [1.29, 1.82) is 0 Å². The first-order valence-electron chi connectivity index (χ1n) is 9.14. The molecule has 6 heteroatoms. The molecular formula is C20H28N2O3S. The van der Waals surface area contributed by atoms with Crippen LogP contribution in [0.4, 0.5) is 0 Å². The van der Waals surface area contributed by atoms with Crippen LogP contribution in [0.1, 0.15) is 40.0 Å². The van der Waals surface area contributed by atoms with E-state index in [1.54, 1.807) is 18.2 Å². The summed E-state index contributed by atoms with van der Waals surface area (Å²) in [6, 6.07) is 11.8. The molecule has 0 aliphatic heterocycles. The lowest BCUT2D eigenvalue weighted by Gasteiger charge is -2.21. The predicted molar refractivity (Wildman–Crippen MR) is 105 cm³/mol. The summed E-state index contributed by atoms with van der Waals surface area (Å²) in [5, 5.41) is 4.66. The highest BCUT2D eigenvalue weighted by Gasteiger charge is 2.28. The minimum absolute atomic E-state index is 0.156. The molecule has 0 heterocycles. The molecule has 2 rings (SSSR count). The van der Waals surface area contributed by atoms with Crippen LogP contribution in [0.5, 0.6) is 0 Å². The average Bonchev–Trinajstić information content (AvgIpc) is 2.62. The third kappa shape index (κ3) is 5.29. The maximum absolute atomic E-state index is 12.8. The van der Waals surface area contributed by atoms with Crippen molar-refractivity contribution in [1.82, 2.24) is 10.0 Å². The van der Waals surface area contributed by atoms with Crippen molar-refractivity contribution in [2.75, 3.05) is 6.54 Å². The lowest BCUT2D eigenvalue weighted by molar-refractivity contribution is -0.123. The maximum atomic E-state index is 12.8. The molecule has 0 aromatic heterocycles. The van der Waals surface area contributed by atoms with Crippen LogP contribution in [0.2, 0.25) is 0 Å². The van der Waals surface area contributed by atoms with Gasteiger partial charge in [-0.25, -0.2) is 8.42 Å². The monoisotopic (exact) mass is 376 g/mol. The lowest BCUT2D eigenvalue weighted by Crippen LogP contribution is -2.49. The van der Waals surface area contributed by atoms with Crippen molar-refractivity contribution >= 4 is 26.7 Å². The van der Waals surface area contributed by atoms with Gasteiger partial charge >= 0.3 is 0 Å². The molecule has 2 N–H and O–H groups in total. The van der Waals surface area contributed by atoms with Crippen molar-refractivity contribution in [3.05, 3.63) is 42.5 Å². The molecule has 2 aromatic rings. The molecule has 0 saturated carbocycles. The quantitative estimate of drug-likeness (QED) is 0.658. The molecule has 0 saturated heterocycles. The van der Waals surface area contributed by atoms with Crippen LogP contribution in [0.3, 0.4) is 0 Å². The summed E-state index contributed by atoms with van der Waals surface area (Å²) >= 11 is 0. The Morgan fingerprint density at radius 2 is 1.73 bits per heavy atom. The highest BCUT2D eigenvalue weighted by molar-refractivity contribution is 7.89. The Bertz CT molecular complexity index is 847. The van der Waals surface area contributed by atoms with Crippen molar-refractivity contribution in [2.24, 2.45) is 5.92 Å². The topological polar surface area (TPSA) is 75.3 Å². The molecular weight excluding hydrogens is 348 g/mol. The minimum atomic E-state index is -3.79. The van der Waals surface area contributed by atoms with Gasteiger partial charge in [0.25, 0.3) is 0 Å². The van der Waals surface area contributed by atoms with Gasteiger partial charge in [-0.3, -0.25) is 4.79 Å². The SMILES string of the molecule is CCCCCNC(=O)[C@@H](NS(=O)(=O)c1ccc2ccccc2c1)C(C)C. The molecule has 26 heavy (non-hydrogen) atoms. The molecule has 5 nitrogen and oxygen atoms in total. The molecule has 0 aliphatic carbocycles. The van der Waals surface area contributed by atoms with E-state index in [-0.39, 0.29) is 16.7 Å². The standard InChI is InChI=1S/C20H28N2O3S/c1-4-5-8-13-21-20(23)19(15(2)3)22-26(24,25)18-12-11-16-9-6-7-10-17(16)14-18/h6-7,9-12,14-15,19,22H,4-5,8,13H2,1-3H3,(H,21,23)/t19-/m0/s1. The molecule has 1 atom stereocenters. The van der Waals surface area contributed by atoms with E-state index in [2.05, 4.69) is 17.0 Å². The fourth-order valence-electron chi connectivity index (χ4n) is 2.76. The van der Waals surface area contributed by atoms with Gasteiger partial charge in [-0.15, -0.1) is 0 Å². The lowest BCUT2D eigenvalue weighted by atomic mass is 10.1. The van der Waals surface area contributed by atoms with Crippen LogP contribution in [0, 0.1) is 5.92 Å². The fourth-order valence-corrected chi connectivity index (χ4v) is 4.14. The number of benzene rings is 2. The van der Waals surface area contributed by atoms with E-state index in [0.717, 1.165) is 30.0 Å². The van der Waals surface area contributed by atoms with Gasteiger partial charge < -0.3 is 5.32 Å². The molecule has 0 bridgehead atoms. The number of fused-ring (bicyclic) bond motifs is 1. The van der Waals surface area contributed by atoms with Crippen LogP contribution in [0.15, 0.2) is 47.4 Å². The van der Waals surface area contributed by atoms with Crippen LogP contribution in [-0.4, -0.2) is 26.9 Å². The number of nitrogens with one attached hydrogen (secondary N) is 2. The van der Waals surface area contributed by atoms with Gasteiger partial charge in [0.2, 0.25) is 15.9 Å². The highest BCUT2D eigenvalue weighted by Crippen LogP contribution is 2.19. The maximum Gasteiger partial charge on any atom is 0.241 e. The van der Waals surface area contributed by atoms with Gasteiger partial charge in [0, 0.05) is 6.54 Å². The Morgan fingerprint density at radius 1 is 1.04 bits per heavy atom. The fraction of sp³-hybridized carbons (Fsp3) is 0.450. The summed E-state index contributed by atoms with van der Waals surface area (Å²) in [7, 11) is -3.79. The summed E-state index contributed by atoms with van der Waals surface area (Å²) in [5.41, 5.74) is 0. The summed E-state index contributed by atoms with van der Waals surface area (Å²) in [6.45, 7) is 6.32. The Hall–Kier alpha value is -1.92. The zero-order valence-corrected chi connectivity index (χ0v) is 16.5. The Kier molecular flexibility index (Phi) is 7.17. The van der Waals surface area contributed by atoms with E-state index >= 15 is 0 Å². The molecule has 0 unspecified atom stereocenters. The Morgan fingerprint density at radius 3 is 2.38 bits per heavy atom. The third-order valence-corrected chi connectivity index (χ3v) is 5.78. The number of hydrogen-bond donors (Lipinski definition) is 2. The van der Waals surface area contributed by atoms with E-state index in [9.17, 15) is 13.2 Å². The molecule has 2 aromatic carbocycles. The Balaban J connectivity index is 2.16. The highest BCUT2D eigenvalue weighted by atomic mass is 32.2. The van der Waals surface area contributed by atoms with Gasteiger partial charge in [0.15, 0.2) is 0 Å². The van der Waals surface area contributed by atoms with Gasteiger partial charge in [0.05, 0.1) is 4.90 Å². The molecule has 142 valence electrons. The molecule has 1 amide bonds. The van der Waals surface area contributed by atoms with E-state index in [1.807, 2.05) is 38.1 Å². The van der Waals surface area contributed by atoms with Crippen LogP contribution in [0.25, 0.3) is 10.8 Å². The zero-order chi connectivity index (χ0) is 19.2. The third-order valence-electron chi connectivity index (χ3n) is 4.34. The molecule has 0 spiro atoms. The predicted octanol–water partition coefficient (Wildman–Crippen LogP) is 3.45. The number of amides is 1. The smallest absolute Gasteiger partial charge is 0.241 e. The minimum Gasteiger partial charge on any atom is -0.355 e. The van der Waals surface area contributed by atoms with Crippen molar-refractivity contribution in [3.63, 3.8) is 0 Å². The van der Waals surface area contributed by atoms with Gasteiger partial charge in [-0.05, 0) is 35.2 Å². The normalized spacial score (nSPS) is 13.1. The zero-order valence-electron chi connectivity index (χ0n) is 15.7. The van der Waals surface area contributed by atoms with E-state index in [4.69, 9.17) is 0 Å². The summed E-state index contributed by atoms with van der Waals surface area (Å²) in [6.07, 6.45) is 3.00. The van der Waals surface area contributed by atoms with Crippen LogP contribution in [-0.2, 0) is 14.8 Å². The van der Waals surface area contributed by atoms with E-state index in [1.165, 1.54) is 0 Å².